The first-order chi connectivity index (χ1) is 8.34. The summed E-state index contributed by atoms with van der Waals surface area (Å²) in [5, 5.41) is 3.49. The Kier molecular flexibility index (Phi) is 5.63. The van der Waals surface area contributed by atoms with Crippen molar-refractivity contribution in [2.75, 3.05) is 12.3 Å². The SMILES string of the molecule is CC(C)C(C)NCCS(=O)(=O)c1ccccc1Cl. The highest BCUT2D eigenvalue weighted by Gasteiger charge is 2.17. The molecule has 1 aromatic carbocycles. The average molecular weight is 290 g/mol. The van der Waals surface area contributed by atoms with Crippen molar-refractivity contribution in [2.45, 2.75) is 31.7 Å². The highest BCUT2D eigenvalue weighted by atomic mass is 35.5. The third-order valence-electron chi connectivity index (χ3n) is 3.01. The lowest BCUT2D eigenvalue weighted by molar-refractivity contribution is 0.437. The van der Waals surface area contributed by atoms with Crippen LogP contribution in [0.2, 0.25) is 5.02 Å². The molecule has 18 heavy (non-hydrogen) atoms. The van der Waals surface area contributed by atoms with Crippen LogP contribution >= 0.6 is 11.6 Å². The Morgan fingerprint density at radius 3 is 2.39 bits per heavy atom. The van der Waals surface area contributed by atoms with Gasteiger partial charge in [0.05, 0.1) is 15.7 Å². The first-order valence-electron chi connectivity index (χ1n) is 6.05. The van der Waals surface area contributed by atoms with E-state index in [-0.39, 0.29) is 15.7 Å². The van der Waals surface area contributed by atoms with Gasteiger partial charge in [0.2, 0.25) is 0 Å². The number of halogens is 1. The molecular weight excluding hydrogens is 270 g/mol. The van der Waals surface area contributed by atoms with Gasteiger partial charge in [-0.3, -0.25) is 0 Å². The first kappa shape index (κ1) is 15.5. The van der Waals surface area contributed by atoms with Gasteiger partial charge < -0.3 is 5.32 Å². The molecule has 1 atom stereocenters. The smallest absolute Gasteiger partial charge is 0.181 e. The molecule has 0 aromatic heterocycles. The molecule has 0 saturated heterocycles. The summed E-state index contributed by atoms with van der Waals surface area (Å²) in [6.07, 6.45) is 0. The summed E-state index contributed by atoms with van der Waals surface area (Å²) in [7, 11) is -3.31. The van der Waals surface area contributed by atoms with Gasteiger partial charge in [0, 0.05) is 12.6 Å². The van der Waals surface area contributed by atoms with Crippen molar-refractivity contribution in [3.8, 4) is 0 Å². The second kappa shape index (κ2) is 6.55. The van der Waals surface area contributed by atoms with Crippen LogP contribution in [0.25, 0.3) is 0 Å². The van der Waals surface area contributed by atoms with Crippen LogP contribution in [0.15, 0.2) is 29.2 Å². The Hall–Kier alpha value is -0.580. The predicted octanol–water partition coefficient (Wildman–Crippen LogP) is 2.75. The second-order valence-electron chi connectivity index (χ2n) is 4.74. The van der Waals surface area contributed by atoms with Gasteiger partial charge in [-0.05, 0) is 25.0 Å². The summed E-state index contributed by atoms with van der Waals surface area (Å²) in [5.41, 5.74) is 0. The summed E-state index contributed by atoms with van der Waals surface area (Å²) < 4.78 is 24.2. The largest absolute Gasteiger partial charge is 0.313 e. The first-order valence-corrected chi connectivity index (χ1v) is 8.08. The van der Waals surface area contributed by atoms with Crippen LogP contribution in [-0.4, -0.2) is 26.8 Å². The molecule has 1 N–H and O–H groups in total. The number of hydrogen-bond donors (Lipinski definition) is 1. The van der Waals surface area contributed by atoms with Crippen LogP contribution in [0.5, 0.6) is 0 Å². The van der Waals surface area contributed by atoms with Crippen molar-refractivity contribution in [1.82, 2.24) is 5.32 Å². The third-order valence-corrected chi connectivity index (χ3v) is 5.22. The second-order valence-corrected chi connectivity index (χ2v) is 7.22. The summed E-state index contributed by atoms with van der Waals surface area (Å²) in [6.45, 7) is 6.68. The average Bonchev–Trinajstić information content (AvgIpc) is 2.28. The zero-order valence-electron chi connectivity index (χ0n) is 11.0. The minimum atomic E-state index is -3.31. The van der Waals surface area contributed by atoms with E-state index in [1.165, 1.54) is 0 Å². The topological polar surface area (TPSA) is 46.2 Å². The van der Waals surface area contributed by atoms with Crippen LogP contribution in [0.3, 0.4) is 0 Å². The van der Waals surface area contributed by atoms with Crippen molar-refractivity contribution in [1.29, 1.82) is 0 Å². The van der Waals surface area contributed by atoms with E-state index in [4.69, 9.17) is 11.6 Å². The molecule has 1 rings (SSSR count). The highest BCUT2D eigenvalue weighted by molar-refractivity contribution is 7.91. The van der Waals surface area contributed by atoms with Gasteiger partial charge in [-0.2, -0.15) is 0 Å². The zero-order valence-corrected chi connectivity index (χ0v) is 12.6. The Labute approximate surface area is 114 Å². The van der Waals surface area contributed by atoms with Gasteiger partial charge in [-0.15, -0.1) is 0 Å². The Balaban J connectivity index is 2.64. The molecule has 0 aliphatic heterocycles. The van der Waals surface area contributed by atoms with Gasteiger partial charge in [0.15, 0.2) is 9.84 Å². The molecule has 0 aliphatic rings. The molecule has 0 bridgehead atoms. The number of sulfone groups is 1. The summed E-state index contributed by atoms with van der Waals surface area (Å²) in [5.74, 6) is 0.543. The van der Waals surface area contributed by atoms with Gasteiger partial charge >= 0.3 is 0 Å². The third kappa shape index (κ3) is 4.26. The minimum Gasteiger partial charge on any atom is -0.313 e. The predicted molar refractivity (Wildman–Crippen MR) is 75.8 cm³/mol. The molecule has 3 nitrogen and oxygen atoms in total. The van der Waals surface area contributed by atoms with Gasteiger partial charge in [-0.1, -0.05) is 37.6 Å². The lowest BCUT2D eigenvalue weighted by Crippen LogP contribution is -2.34. The lowest BCUT2D eigenvalue weighted by atomic mass is 10.1. The molecule has 1 unspecified atom stereocenters. The van der Waals surface area contributed by atoms with Crippen LogP contribution in [0.1, 0.15) is 20.8 Å². The fourth-order valence-corrected chi connectivity index (χ4v) is 3.21. The quantitative estimate of drug-likeness (QED) is 0.876. The molecule has 0 fully saturated rings. The molecular formula is C13H20ClNO2S. The monoisotopic (exact) mass is 289 g/mol. The molecule has 102 valence electrons. The van der Waals surface area contributed by atoms with Crippen molar-refractivity contribution in [3.63, 3.8) is 0 Å². The van der Waals surface area contributed by atoms with Gasteiger partial charge in [0.1, 0.15) is 0 Å². The normalized spacial score (nSPS) is 13.8. The fraction of sp³-hybridized carbons (Fsp3) is 0.538. The molecule has 0 amide bonds. The molecule has 0 aliphatic carbocycles. The van der Waals surface area contributed by atoms with Crippen molar-refractivity contribution in [3.05, 3.63) is 29.3 Å². The maximum atomic E-state index is 12.1. The Bertz CT molecular complexity index is 486. The molecule has 1 aromatic rings. The maximum Gasteiger partial charge on any atom is 0.181 e. The van der Waals surface area contributed by atoms with Crippen molar-refractivity contribution >= 4 is 21.4 Å². The molecule has 0 heterocycles. The number of rotatable bonds is 6. The van der Waals surface area contributed by atoms with Gasteiger partial charge in [0.25, 0.3) is 0 Å². The van der Waals surface area contributed by atoms with E-state index in [2.05, 4.69) is 19.2 Å². The molecule has 0 spiro atoms. The zero-order chi connectivity index (χ0) is 13.8. The highest BCUT2D eigenvalue weighted by Crippen LogP contribution is 2.21. The van der Waals surface area contributed by atoms with E-state index in [0.717, 1.165) is 0 Å². The Morgan fingerprint density at radius 2 is 1.83 bits per heavy atom. The fourth-order valence-electron chi connectivity index (χ4n) is 1.46. The maximum absolute atomic E-state index is 12.1. The number of nitrogens with one attached hydrogen (secondary N) is 1. The lowest BCUT2D eigenvalue weighted by Gasteiger charge is -2.17. The van der Waals surface area contributed by atoms with Crippen LogP contribution in [0.4, 0.5) is 0 Å². The summed E-state index contributed by atoms with van der Waals surface area (Å²) in [6, 6.07) is 6.84. The molecule has 0 radical (unpaired) electrons. The van der Waals surface area contributed by atoms with Crippen molar-refractivity contribution in [2.24, 2.45) is 5.92 Å². The molecule has 5 heteroatoms. The van der Waals surface area contributed by atoms with Crippen LogP contribution < -0.4 is 5.32 Å². The van der Waals surface area contributed by atoms with E-state index in [9.17, 15) is 8.42 Å². The summed E-state index contributed by atoms with van der Waals surface area (Å²) in [4.78, 5) is 0.214. The number of benzene rings is 1. The van der Waals surface area contributed by atoms with E-state index in [1.54, 1.807) is 24.3 Å². The van der Waals surface area contributed by atoms with Crippen molar-refractivity contribution < 1.29 is 8.42 Å². The number of hydrogen-bond acceptors (Lipinski definition) is 3. The standard InChI is InChI=1S/C13H20ClNO2S/c1-10(2)11(3)15-8-9-18(16,17)13-7-5-4-6-12(13)14/h4-7,10-11,15H,8-9H2,1-3H3. The van der Waals surface area contributed by atoms with E-state index in [1.807, 2.05) is 6.92 Å². The van der Waals surface area contributed by atoms with E-state index in [0.29, 0.717) is 18.5 Å². The van der Waals surface area contributed by atoms with Crippen LogP contribution in [0, 0.1) is 5.92 Å². The van der Waals surface area contributed by atoms with Crippen LogP contribution in [-0.2, 0) is 9.84 Å². The van der Waals surface area contributed by atoms with E-state index >= 15 is 0 Å². The van der Waals surface area contributed by atoms with Gasteiger partial charge in [-0.25, -0.2) is 8.42 Å². The summed E-state index contributed by atoms with van der Waals surface area (Å²) >= 11 is 5.90. The molecule has 0 saturated carbocycles. The van der Waals surface area contributed by atoms with E-state index < -0.39 is 9.84 Å². The minimum absolute atomic E-state index is 0.0633. The Morgan fingerprint density at radius 1 is 1.22 bits per heavy atom.